The normalized spacial score (nSPS) is 11.4. The number of nitrogens with two attached hydrogens (primary N) is 1. The summed E-state index contributed by atoms with van der Waals surface area (Å²) in [6.45, 7) is 0.590. The van der Waals surface area contributed by atoms with Crippen LogP contribution in [0.3, 0.4) is 0 Å². The fraction of sp³-hybridized carbons (Fsp3) is 0.115. The van der Waals surface area contributed by atoms with Gasteiger partial charge >= 0.3 is 0 Å². The number of rotatable bonds is 9. The predicted octanol–water partition coefficient (Wildman–Crippen LogP) is 3.13. The van der Waals surface area contributed by atoms with Gasteiger partial charge in [0.1, 0.15) is 13.7 Å². The summed E-state index contributed by atoms with van der Waals surface area (Å²) in [4.78, 5) is 21.3. The van der Waals surface area contributed by atoms with Crippen molar-refractivity contribution >= 4 is 42.4 Å². The van der Waals surface area contributed by atoms with E-state index in [2.05, 4.69) is 25.9 Å². The predicted molar refractivity (Wildman–Crippen MR) is 138 cm³/mol. The Labute approximate surface area is 200 Å². The lowest BCUT2D eigenvalue weighted by Gasteiger charge is -2.14. The summed E-state index contributed by atoms with van der Waals surface area (Å²) in [5, 5.41) is 9.26. The average Bonchev–Trinajstić information content (AvgIpc) is 2.86. The molecule has 3 aromatic carbocycles. The molecule has 0 fully saturated rings. The van der Waals surface area contributed by atoms with Crippen LogP contribution in [0.1, 0.15) is 11.1 Å². The lowest BCUT2D eigenvalue weighted by molar-refractivity contribution is -0.117. The third-order valence-electron chi connectivity index (χ3n) is 5.14. The maximum Gasteiger partial charge on any atom is 0.241 e. The number of carbonyl (C=O) groups excluding carboxylic acids is 1. The minimum Gasteiger partial charge on any atom is -0.366 e. The second kappa shape index (κ2) is 11.1. The molecule has 8 heteroatoms. The fourth-order valence-corrected chi connectivity index (χ4v) is 3.37. The molecule has 168 valence electrons. The van der Waals surface area contributed by atoms with Gasteiger partial charge in [0.15, 0.2) is 0 Å². The van der Waals surface area contributed by atoms with Crippen molar-refractivity contribution in [2.24, 2.45) is 5.73 Å². The zero-order valence-corrected chi connectivity index (χ0v) is 18.6. The van der Waals surface area contributed by atoms with Crippen LogP contribution in [0, 0.1) is 0 Å². The molecule has 1 aromatic heterocycles. The first-order chi connectivity index (χ1) is 16.6. The number of amides is 1. The number of anilines is 4. The molecule has 34 heavy (non-hydrogen) atoms. The Morgan fingerprint density at radius 2 is 1.59 bits per heavy atom. The summed E-state index contributed by atoms with van der Waals surface area (Å²) in [5.74, 6) is 0.670. The van der Waals surface area contributed by atoms with Gasteiger partial charge in [0.25, 0.3) is 0 Å². The van der Waals surface area contributed by atoms with Gasteiger partial charge in [0.05, 0.1) is 6.04 Å². The Balaban J connectivity index is 1.38. The van der Waals surface area contributed by atoms with E-state index in [9.17, 15) is 4.79 Å². The molecule has 0 spiro atoms. The van der Waals surface area contributed by atoms with E-state index < -0.39 is 6.04 Å². The monoisotopic (exact) mass is 448 g/mol. The SMILES string of the molecule is [B]c1cnc(Nc2cccc(NC(=O)C(N)Cc3ccccc3)c2)nc1NCc1ccccc1. The Bertz CT molecular complexity index is 1240. The molecule has 7 nitrogen and oxygen atoms in total. The molecule has 1 amide bonds. The van der Waals surface area contributed by atoms with Gasteiger partial charge in [-0.05, 0) is 41.2 Å². The molecule has 4 rings (SSSR count). The van der Waals surface area contributed by atoms with Crippen molar-refractivity contribution in [3.05, 3.63) is 102 Å². The van der Waals surface area contributed by atoms with Crippen molar-refractivity contribution in [1.29, 1.82) is 0 Å². The summed E-state index contributed by atoms with van der Waals surface area (Å²) in [7, 11) is 6.03. The molecule has 0 bridgehead atoms. The largest absolute Gasteiger partial charge is 0.366 e. The van der Waals surface area contributed by atoms with Gasteiger partial charge in [-0.3, -0.25) is 4.79 Å². The molecule has 1 atom stereocenters. The van der Waals surface area contributed by atoms with Crippen LogP contribution in [0.25, 0.3) is 0 Å². The van der Waals surface area contributed by atoms with E-state index in [1.807, 2.05) is 72.8 Å². The molecule has 0 aliphatic rings. The van der Waals surface area contributed by atoms with Crippen molar-refractivity contribution in [2.75, 3.05) is 16.0 Å². The van der Waals surface area contributed by atoms with Gasteiger partial charge in [-0.15, -0.1) is 0 Å². The molecule has 4 aromatic rings. The van der Waals surface area contributed by atoms with Crippen molar-refractivity contribution in [1.82, 2.24) is 9.97 Å². The van der Waals surface area contributed by atoms with Crippen LogP contribution in [0.5, 0.6) is 0 Å². The van der Waals surface area contributed by atoms with Crippen LogP contribution >= 0.6 is 0 Å². The van der Waals surface area contributed by atoms with Crippen molar-refractivity contribution in [3.63, 3.8) is 0 Å². The zero-order valence-electron chi connectivity index (χ0n) is 18.6. The number of benzene rings is 3. The lowest BCUT2D eigenvalue weighted by Crippen LogP contribution is -2.37. The number of hydrogen-bond donors (Lipinski definition) is 4. The van der Waals surface area contributed by atoms with E-state index in [1.165, 1.54) is 0 Å². The van der Waals surface area contributed by atoms with Gasteiger partial charge in [-0.2, -0.15) is 4.98 Å². The second-order valence-electron chi connectivity index (χ2n) is 7.83. The number of carbonyl (C=O) groups is 1. The van der Waals surface area contributed by atoms with Crippen molar-refractivity contribution in [2.45, 2.75) is 19.0 Å². The highest BCUT2D eigenvalue weighted by Gasteiger charge is 2.14. The van der Waals surface area contributed by atoms with E-state index in [1.54, 1.807) is 18.3 Å². The van der Waals surface area contributed by atoms with E-state index in [0.717, 1.165) is 11.1 Å². The van der Waals surface area contributed by atoms with E-state index >= 15 is 0 Å². The Morgan fingerprint density at radius 3 is 2.32 bits per heavy atom. The molecule has 0 aliphatic carbocycles. The fourth-order valence-electron chi connectivity index (χ4n) is 3.37. The van der Waals surface area contributed by atoms with Crippen LogP contribution in [-0.2, 0) is 17.8 Å². The molecular formula is C26H25BN6O. The van der Waals surface area contributed by atoms with Crippen LogP contribution in [0.4, 0.5) is 23.1 Å². The molecule has 1 unspecified atom stereocenters. The highest BCUT2D eigenvalue weighted by Crippen LogP contribution is 2.19. The first-order valence-electron chi connectivity index (χ1n) is 10.9. The molecular weight excluding hydrogens is 423 g/mol. The van der Waals surface area contributed by atoms with E-state index in [-0.39, 0.29) is 5.91 Å². The van der Waals surface area contributed by atoms with Gasteiger partial charge in [0.2, 0.25) is 11.9 Å². The molecule has 0 saturated heterocycles. The number of nitrogens with one attached hydrogen (secondary N) is 3. The molecule has 0 aliphatic heterocycles. The van der Waals surface area contributed by atoms with Gasteiger partial charge in [-0.25, -0.2) is 4.98 Å². The molecule has 0 saturated carbocycles. The summed E-state index contributed by atoms with van der Waals surface area (Å²) < 4.78 is 0. The van der Waals surface area contributed by atoms with Gasteiger partial charge in [-0.1, -0.05) is 66.7 Å². The number of hydrogen-bond acceptors (Lipinski definition) is 6. The van der Waals surface area contributed by atoms with Crippen molar-refractivity contribution in [3.8, 4) is 0 Å². The van der Waals surface area contributed by atoms with Crippen LogP contribution in [0.2, 0.25) is 0 Å². The third-order valence-corrected chi connectivity index (χ3v) is 5.14. The first kappa shape index (κ1) is 23.0. The first-order valence-corrected chi connectivity index (χ1v) is 10.9. The average molecular weight is 448 g/mol. The highest BCUT2D eigenvalue weighted by atomic mass is 16.2. The Morgan fingerprint density at radius 1 is 0.912 bits per heavy atom. The summed E-state index contributed by atoms with van der Waals surface area (Å²) in [5.41, 5.74) is 10.0. The van der Waals surface area contributed by atoms with Crippen LogP contribution in [-0.4, -0.2) is 29.8 Å². The highest BCUT2D eigenvalue weighted by molar-refractivity contribution is 6.35. The van der Waals surface area contributed by atoms with Crippen LogP contribution in [0.15, 0.2) is 91.1 Å². The third kappa shape index (κ3) is 6.43. The summed E-state index contributed by atoms with van der Waals surface area (Å²) in [6, 6.07) is 26.3. The minimum absolute atomic E-state index is 0.253. The molecule has 2 radical (unpaired) electrons. The second-order valence-corrected chi connectivity index (χ2v) is 7.83. The topological polar surface area (TPSA) is 105 Å². The van der Waals surface area contributed by atoms with E-state index in [0.29, 0.717) is 41.6 Å². The Kier molecular flexibility index (Phi) is 7.52. The van der Waals surface area contributed by atoms with Gasteiger partial charge in [0, 0.05) is 24.1 Å². The van der Waals surface area contributed by atoms with E-state index in [4.69, 9.17) is 13.6 Å². The van der Waals surface area contributed by atoms with Crippen molar-refractivity contribution < 1.29 is 4.79 Å². The maximum absolute atomic E-state index is 12.6. The Hall–Kier alpha value is -4.17. The number of nitrogens with zero attached hydrogens (tertiary/aromatic N) is 2. The maximum atomic E-state index is 12.6. The summed E-state index contributed by atoms with van der Waals surface area (Å²) >= 11 is 0. The van der Waals surface area contributed by atoms with Crippen LogP contribution < -0.4 is 27.1 Å². The molecule has 1 heterocycles. The molecule has 5 N–H and O–H groups in total. The zero-order chi connectivity index (χ0) is 23.8. The number of aromatic nitrogens is 2. The quantitative estimate of drug-likeness (QED) is 0.293. The summed E-state index contributed by atoms with van der Waals surface area (Å²) in [6.07, 6.45) is 2.01. The smallest absolute Gasteiger partial charge is 0.241 e. The van der Waals surface area contributed by atoms with Gasteiger partial charge < -0.3 is 21.7 Å². The minimum atomic E-state index is -0.655. The lowest BCUT2D eigenvalue weighted by atomic mass is 9.99. The standard InChI is InChI=1S/C26H25BN6O/c27-22-17-30-26(33-24(22)29-16-19-10-5-2-6-11-19)32-21-13-7-12-20(15-21)31-25(34)23(28)14-18-8-3-1-4-9-18/h1-13,15,17,23H,14,16,28H2,(H,31,34)(H2,29,30,32,33).